The Morgan fingerprint density at radius 1 is 1.39 bits per heavy atom. The summed E-state index contributed by atoms with van der Waals surface area (Å²) in [5, 5.41) is 0. The fourth-order valence-corrected chi connectivity index (χ4v) is 2.84. The third-order valence-corrected chi connectivity index (χ3v) is 3.81. The first-order valence-electron chi connectivity index (χ1n) is 6.53. The van der Waals surface area contributed by atoms with E-state index in [2.05, 4.69) is 19.8 Å². The number of aromatic nitrogens is 2. The lowest BCUT2D eigenvalue weighted by molar-refractivity contribution is 0.00846. The molecule has 1 aromatic rings. The van der Waals surface area contributed by atoms with E-state index in [0.717, 1.165) is 44.2 Å². The molecule has 0 spiro atoms. The van der Waals surface area contributed by atoms with Gasteiger partial charge in [-0.05, 0) is 6.54 Å². The molecule has 4 rings (SSSR count). The molecule has 3 aliphatic rings. The largest absolute Gasteiger partial charge is 0.330 e. The van der Waals surface area contributed by atoms with Crippen LogP contribution in [0, 0.1) is 0 Å². The van der Waals surface area contributed by atoms with E-state index < -0.39 is 0 Å². The molecule has 2 bridgehead atoms. The topological polar surface area (TPSA) is 78.2 Å². The predicted octanol–water partition coefficient (Wildman–Crippen LogP) is -1.06. The van der Waals surface area contributed by atoms with Crippen LogP contribution in [0.15, 0.2) is 10.9 Å². The summed E-state index contributed by atoms with van der Waals surface area (Å²) >= 11 is 0. The van der Waals surface area contributed by atoms with Gasteiger partial charge in [0.25, 0.3) is 5.56 Å². The molecule has 0 aliphatic carbocycles. The quantitative estimate of drug-likeness (QED) is 0.714. The van der Waals surface area contributed by atoms with Crippen molar-refractivity contribution >= 4 is 0 Å². The number of hydrogen-bond acceptors (Lipinski definition) is 5. The van der Waals surface area contributed by atoms with Gasteiger partial charge in [0, 0.05) is 50.9 Å². The molecule has 1 aromatic heterocycles. The van der Waals surface area contributed by atoms with Gasteiger partial charge in [0.2, 0.25) is 0 Å². The van der Waals surface area contributed by atoms with Gasteiger partial charge in [0.15, 0.2) is 0 Å². The molecule has 4 heterocycles. The molecule has 0 amide bonds. The van der Waals surface area contributed by atoms with Crippen molar-refractivity contribution in [1.82, 2.24) is 19.8 Å². The van der Waals surface area contributed by atoms with Gasteiger partial charge in [-0.1, -0.05) is 0 Å². The Bertz CT molecular complexity index is 478. The molecule has 3 aliphatic heterocycles. The molecule has 3 saturated heterocycles. The molecule has 1 atom stereocenters. The van der Waals surface area contributed by atoms with Gasteiger partial charge in [0.1, 0.15) is 5.82 Å². The van der Waals surface area contributed by atoms with E-state index in [1.807, 2.05) is 0 Å². The number of fused-ring (bicyclic) bond motifs is 3. The van der Waals surface area contributed by atoms with Crippen LogP contribution in [-0.4, -0.2) is 59.0 Å². The van der Waals surface area contributed by atoms with Crippen molar-refractivity contribution in [2.45, 2.75) is 12.5 Å². The highest BCUT2D eigenvalue weighted by molar-refractivity contribution is 5.08. The Labute approximate surface area is 106 Å². The van der Waals surface area contributed by atoms with Crippen LogP contribution in [0.25, 0.3) is 0 Å². The third-order valence-electron chi connectivity index (χ3n) is 3.81. The van der Waals surface area contributed by atoms with Crippen molar-refractivity contribution in [2.75, 3.05) is 39.3 Å². The number of rotatable bonds is 3. The summed E-state index contributed by atoms with van der Waals surface area (Å²) in [4.78, 5) is 24.0. The summed E-state index contributed by atoms with van der Waals surface area (Å²) in [6.45, 7) is 5.88. The first-order valence-corrected chi connectivity index (χ1v) is 6.53. The first-order chi connectivity index (χ1) is 8.76. The van der Waals surface area contributed by atoms with Crippen LogP contribution in [-0.2, 0) is 6.42 Å². The lowest BCUT2D eigenvalue weighted by atomic mass is 10.1. The monoisotopic (exact) mass is 249 g/mol. The van der Waals surface area contributed by atoms with Gasteiger partial charge < -0.3 is 10.7 Å². The molecule has 0 saturated carbocycles. The fraction of sp³-hybridized carbons (Fsp3) is 0.667. The van der Waals surface area contributed by atoms with Crippen LogP contribution >= 0.6 is 0 Å². The van der Waals surface area contributed by atoms with Gasteiger partial charge in [-0.3, -0.25) is 14.6 Å². The Morgan fingerprint density at radius 2 is 2.17 bits per heavy atom. The molecule has 0 radical (unpaired) electrons. The molecule has 6 nitrogen and oxygen atoms in total. The average Bonchev–Trinajstić information content (AvgIpc) is 2.40. The zero-order valence-electron chi connectivity index (χ0n) is 10.4. The van der Waals surface area contributed by atoms with E-state index in [1.165, 1.54) is 0 Å². The van der Waals surface area contributed by atoms with Gasteiger partial charge in [-0.2, -0.15) is 0 Å². The summed E-state index contributed by atoms with van der Waals surface area (Å²) in [7, 11) is 0. The normalized spacial score (nSPS) is 30.6. The van der Waals surface area contributed by atoms with Crippen molar-refractivity contribution in [1.29, 1.82) is 0 Å². The van der Waals surface area contributed by atoms with Crippen LogP contribution in [0.5, 0.6) is 0 Å². The molecule has 0 aromatic carbocycles. The maximum absolute atomic E-state index is 11.7. The highest BCUT2D eigenvalue weighted by Gasteiger charge is 2.34. The minimum atomic E-state index is -0.0684. The van der Waals surface area contributed by atoms with E-state index in [9.17, 15) is 4.79 Å². The van der Waals surface area contributed by atoms with Crippen LogP contribution in [0.3, 0.4) is 0 Å². The van der Waals surface area contributed by atoms with Gasteiger partial charge in [0.05, 0.1) is 6.04 Å². The van der Waals surface area contributed by atoms with Crippen molar-refractivity contribution < 1.29 is 0 Å². The molecule has 18 heavy (non-hydrogen) atoms. The van der Waals surface area contributed by atoms with Crippen LogP contribution in [0.2, 0.25) is 0 Å². The summed E-state index contributed by atoms with van der Waals surface area (Å²) < 4.78 is 0. The third kappa shape index (κ3) is 2.19. The van der Waals surface area contributed by atoms with Gasteiger partial charge >= 0.3 is 0 Å². The molecular formula is C12H19N5O. The number of H-pyrrole nitrogens is 1. The van der Waals surface area contributed by atoms with E-state index in [0.29, 0.717) is 13.0 Å². The molecular weight excluding hydrogens is 230 g/mol. The number of piperazine rings is 3. The highest BCUT2D eigenvalue weighted by Crippen LogP contribution is 2.25. The molecule has 3 N–H and O–H groups in total. The summed E-state index contributed by atoms with van der Waals surface area (Å²) in [5.41, 5.74) is 6.26. The second-order valence-electron chi connectivity index (χ2n) is 5.01. The van der Waals surface area contributed by atoms with Gasteiger partial charge in [-0.15, -0.1) is 0 Å². The average molecular weight is 249 g/mol. The zero-order valence-corrected chi connectivity index (χ0v) is 10.4. The van der Waals surface area contributed by atoms with E-state index in [4.69, 9.17) is 5.73 Å². The van der Waals surface area contributed by atoms with E-state index >= 15 is 0 Å². The van der Waals surface area contributed by atoms with Crippen LogP contribution in [0.4, 0.5) is 0 Å². The highest BCUT2D eigenvalue weighted by atomic mass is 16.1. The summed E-state index contributed by atoms with van der Waals surface area (Å²) in [6, 6.07) is 1.78. The Hall–Kier alpha value is -1.24. The first kappa shape index (κ1) is 11.8. The predicted molar refractivity (Wildman–Crippen MR) is 68.4 cm³/mol. The molecule has 98 valence electrons. The number of nitrogens with zero attached hydrogens (tertiary/aromatic N) is 3. The van der Waals surface area contributed by atoms with Gasteiger partial charge in [-0.25, -0.2) is 4.98 Å². The second kappa shape index (κ2) is 4.79. The standard InChI is InChI=1S/C12H19N5O/c13-2-1-9-7-11(18)15-12(14-9)10-8-16-3-5-17(10)6-4-16/h7,10H,1-6,8,13H2,(H,14,15,18). The number of nitrogens with one attached hydrogen (secondary N) is 1. The molecule has 1 unspecified atom stereocenters. The molecule has 3 fully saturated rings. The van der Waals surface area contributed by atoms with Crippen molar-refractivity contribution in [2.24, 2.45) is 5.73 Å². The minimum absolute atomic E-state index is 0.0684. The number of aromatic amines is 1. The summed E-state index contributed by atoms with van der Waals surface area (Å²) in [5.74, 6) is 0.801. The van der Waals surface area contributed by atoms with Crippen molar-refractivity contribution in [3.05, 3.63) is 27.9 Å². The van der Waals surface area contributed by atoms with E-state index in [1.54, 1.807) is 6.07 Å². The maximum Gasteiger partial charge on any atom is 0.251 e. The minimum Gasteiger partial charge on any atom is -0.330 e. The zero-order chi connectivity index (χ0) is 12.5. The lowest BCUT2D eigenvalue weighted by Crippen LogP contribution is -2.57. The number of hydrogen-bond donors (Lipinski definition) is 2. The Kier molecular flexibility index (Phi) is 3.15. The van der Waals surface area contributed by atoms with Crippen molar-refractivity contribution in [3.63, 3.8) is 0 Å². The van der Waals surface area contributed by atoms with Crippen LogP contribution < -0.4 is 11.3 Å². The SMILES string of the molecule is NCCc1cc(=O)[nH]c(C2CN3CCN2CC3)n1. The fourth-order valence-electron chi connectivity index (χ4n) is 2.84. The Morgan fingerprint density at radius 3 is 2.78 bits per heavy atom. The summed E-state index contributed by atoms with van der Waals surface area (Å²) in [6.07, 6.45) is 0.660. The number of nitrogens with two attached hydrogens (primary N) is 1. The van der Waals surface area contributed by atoms with Crippen LogP contribution in [0.1, 0.15) is 17.6 Å². The maximum atomic E-state index is 11.7. The van der Waals surface area contributed by atoms with Crippen molar-refractivity contribution in [3.8, 4) is 0 Å². The van der Waals surface area contributed by atoms with E-state index in [-0.39, 0.29) is 11.6 Å². The smallest absolute Gasteiger partial charge is 0.251 e. The molecule has 6 heteroatoms. The second-order valence-corrected chi connectivity index (χ2v) is 5.01. The Balaban J connectivity index is 1.89. The lowest BCUT2D eigenvalue weighted by Gasteiger charge is -2.46.